The second kappa shape index (κ2) is 17.5. The molecular weight excluding hydrogens is 765 g/mol. The minimum Gasteiger partial charge on any atom is -0.454 e. The Morgan fingerprint density at radius 3 is 2.17 bits per heavy atom. The number of benzene rings is 4. The first-order valence-corrected chi connectivity index (χ1v) is 16.5. The molecule has 0 radical (unpaired) electrons. The molecule has 0 heterocycles. The number of imide groups is 1. The van der Waals surface area contributed by atoms with Gasteiger partial charge in [-0.2, -0.15) is 5.26 Å². The number of allylic oxidation sites excluding steroid dienone is 1. The smallest absolute Gasteiger partial charge is 0.454 e. The zero-order valence-corrected chi connectivity index (χ0v) is 29.9. The van der Waals surface area contributed by atoms with Gasteiger partial charge in [0, 0.05) is 11.3 Å². The van der Waals surface area contributed by atoms with Crippen LogP contribution < -0.4 is 20.1 Å². The Morgan fingerprint density at radius 2 is 1.57 bits per heavy atom. The quantitative estimate of drug-likeness (QED) is 0.128. The van der Waals surface area contributed by atoms with Crippen LogP contribution in [0.2, 0.25) is 5.02 Å². The fourth-order valence-corrected chi connectivity index (χ4v) is 5.52. The number of carbonyl (C=O) groups excluding carboxylic acids is 3. The number of hydrogen-bond donors (Lipinski definition) is 2. The summed E-state index contributed by atoms with van der Waals surface area (Å²) in [6.45, 7) is 3.78. The van der Waals surface area contributed by atoms with Crippen molar-refractivity contribution in [1.29, 1.82) is 5.26 Å². The van der Waals surface area contributed by atoms with Crippen molar-refractivity contribution >= 4 is 58.4 Å². The maximum absolute atomic E-state index is 14.2. The van der Waals surface area contributed by atoms with Gasteiger partial charge >= 0.3 is 18.4 Å². The van der Waals surface area contributed by atoms with Crippen LogP contribution in [0.1, 0.15) is 35.9 Å². The first kappa shape index (κ1) is 40.5. The zero-order valence-electron chi connectivity index (χ0n) is 27.6. The van der Waals surface area contributed by atoms with Crippen molar-refractivity contribution < 1.29 is 46.2 Å². The number of ether oxygens (including phenoxy) is 3. The van der Waals surface area contributed by atoms with Crippen molar-refractivity contribution in [2.75, 3.05) is 5.32 Å². The third-order valence-corrected chi connectivity index (χ3v) is 8.32. The Kier molecular flexibility index (Phi) is 13.4. The average molecular weight is 793 g/mol. The van der Waals surface area contributed by atoms with E-state index in [0.29, 0.717) is 11.3 Å². The summed E-state index contributed by atoms with van der Waals surface area (Å²) in [7, 11) is 0. The molecule has 1 aliphatic rings. The summed E-state index contributed by atoms with van der Waals surface area (Å²) in [6.07, 6.45) is -4.40. The van der Waals surface area contributed by atoms with Crippen LogP contribution in [-0.2, 0) is 9.53 Å². The second-order valence-corrected chi connectivity index (χ2v) is 13.2. The number of halogens is 7. The fourth-order valence-electron chi connectivity index (χ4n) is 5.03. The summed E-state index contributed by atoms with van der Waals surface area (Å²) in [4.78, 5) is 36.2. The van der Waals surface area contributed by atoms with Crippen LogP contribution >= 0.6 is 34.8 Å². The number of para-hydroxylation sites is 1. The SMILES string of the molecule is CC1(C)C(C=C(Cl)Cl)C1C(=O)OC(C#N)c1ccc(F)c(Oc2ccccc2)c1.O=C(NC(=O)c1ccccc1Cl)Nc1ccc(OC(F)(F)F)cc1. The molecule has 16 heteroatoms. The molecule has 0 saturated heterocycles. The molecule has 53 heavy (non-hydrogen) atoms. The summed E-state index contributed by atoms with van der Waals surface area (Å²) in [5.41, 5.74) is 0.225. The predicted molar refractivity (Wildman–Crippen MR) is 189 cm³/mol. The van der Waals surface area contributed by atoms with Crippen molar-refractivity contribution in [1.82, 2.24) is 5.32 Å². The number of alkyl halides is 3. The van der Waals surface area contributed by atoms with Gasteiger partial charge in [0.05, 0.1) is 16.5 Å². The van der Waals surface area contributed by atoms with Crippen molar-refractivity contribution in [3.8, 4) is 23.3 Å². The van der Waals surface area contributed by atoms with Crippen molar-refractivity contribution in [3.05, 3.63) is 130 Å². The lowest BCUT2D eigenvalue weighted by atomic mass is 10.1. The molecule has 1 fully saturated rings. The van der Waals surface area contributed by atoms with Crippen LogP contribution in [0.5, 0.6) is 17.2 Å². The Morgan fingerprint density at radius 1 is 0.925 bits per heavy atom. The highest BCUT2D eigenvalue weighted by Crippen LogP contribution is 2.60. The highest BCUT2D eigenvalue weighted by Gasteiger charge is 2.62. The van der Waals surface area contributed by atoms with Gasteiger partial charge in [-0.05, 0) is 78.1 Å². The summed E-state index contributed by atoms with van der Waals surface area (Å²) >= 11 is 17.3. The van der Waals surface area contributed by atoms with Crippen LogP contribution in [0, 0.1) is 34.4 Å². The van der Waals surface area contributed by atoms with Crippen molar-refractivity contribution in [3.63, 3.8) is 0 Å². The van der Waals surface area contributed by atoms with Gasteiger partial charge in [-0.25, -0.2) is 9.18 Å². The van der Waals surface area contributed by atoms with E-state index in [9.17, 15) is 37.2 Å². The van der Waals surface area contributed by atoms with Crippen LogP contribution in [-0.4, -0.2) is 24.3 Å². The molecule has 1 saturated carbocycles. The Labute approximate surface area is 316 Å². The molecule has 4 aromatic carbocycles. The largest absolute Gasteiger partial charge is 0.573 e. The maximum Gasteiger partial charge on any atom is 0.573 e. The number of carbonyl (C=O) groups is 3. The molecule has 0 aliphatic heterocycles. The number of amides is 3. The third-order valence-electron chi connectivity index (χ3n) is 7.74. The van der Waals surface area contributed by atoms with E-state index in [1.807, 2.05) is 26.0 Å². The highest BCUT2D eigenvalue weighted by atomic mass is 35.5. The van der Waals surface area contributed by atoms with Crippen LogP contribution in [0.4, 0.5) is 28.0 Å². The topological polar surface area (TPSA) is 127 Å². The van der Waals surface area contributed by atoms with E-state index in [-0.39, 0.29) is 37.8 Å². The number of urea groups is 1. The number of anilines is 1. The van der Waals surface area contributed by atoms with Gasteiger partial charge in [-0.3, -0.25) is 14.9 Å². The van der Waals surface area contributed by atoms with Gasteiger partial charge < -0.3 is 19.5 Å². The van der Waals surface area contributed by atoms with E-state index in [4.69, 9.17) is 44.3 Å². The molecule has 3 atom stereocenters. The summed E-state index contributed by atoms with van der Waals surface area (Å²) < 4.78 is 65.0. The standard InChI is InChI=1S/C22H18Cl2FNO3.C15H10ClF3N2O3/c1-22(2)15(11-19(23)24)20(22)21(27)29-18(12-26)13-8-9-16(25)17(10-13)28-14-6-4-3-5-7-14;16-12-4-2-1-3-11(12)13(22)21-14(23)20-9-5-7-10(8-6-9)24-15(17,18)19/h3-11,15,18,20H,1-2H3;1-8H,(H2,20,21,22,23). The number of nitriles is 1. The van der Waals surface area contributed by atoms with E-state index in [0.717, 1.165) is 12.1 Å². The molecule has 1 aliphatic carbocycles. The van der Waals surface area contributed by atoms with Gasteiger partial charge in [-0.1, -0.05) is 85.0 Å². The van der Waals surface area contributed by atoms with E-state index in [1.54, 1.807) is 42.5 Å². The summed E-state index contributed by atoms with van der Waals surface area (Å²) in [6, 6.07) is 24.3. The molecule has 4 aromatic rings. The average Bonchev–Trinajstić information content (AvgIpc) is 3.63. The molecule has 9 nitrogen and oxygen atoms in total. The van der Waals surface area contributed by atoms with Crippen LogP contribution in [0.3, 0.4) is 0 Å². The molecule has 3 amide bonds. The first-order chi connectivity index (χ1) is 25.0. The lowest BCUT2D eigenvalue weighted by Crippen LogP contribution is -2.34. The van der Waals surface area contributed by atoms with E-state index in [2.05, 4.69) is 15.4 Å². The van der Waals surface area contributed by atoms with Gasteiger partial charge in [0.25, 0.3) is 5.91 Å². The molecule has 276 valence electrons. The minimum absolute atomic E-state index is 0.0634. The minimum atomic E-state index is -4.80. The van der Waals surface area contributed by atoms with Crippen molar-refractivity contribution in [2.24, 2.45) is 17.3 Å². The number of rotatable bonds is 9. The normalized spacial score (nSPS) is 15.9. The first-order valence-electron chi connectivity index (χ1n) is 15.4. The van der Waals surface area contributed by atoms with Gasteiger partial charge in [0.2, 0.25) is 6.10 Å². The highest BCUT2D eigenvalue weighted by molar-refractivity contribution is 6.55. The maximum atomic E-state index is 14.2. The molecular formula is C37H28Cl3F4N3O6. The summed E-state index contributed by atoms with van der Waals surface area (Å²) in [5, 5.41) is 14.0. The fraction of sp³-hybridized carbons (Fsp3) is 0.189. The van der Waals surface area contributed by atoms with Gasteiger partial charge in [0.15, 0.2) is 11.6 Å². The second-order valence-electron chi connectivity index (χ2n) is 11.8. The third kappa shape index (κ3) is 11.6. The van der Waals surface area contributed by atoms with Crippen LogP contribution in [0.25, 0.3) is 0 Å². The number of nitrogens with one attached hydrogen (secondary N) is 2. The van der Waals surface area contributed by atoms with Crippen molar-refractivity contribution in [2.45, 2.75) is 26.3 Å². The Hall–Kier alpha value is -5.29. The summed E-state index contributed by atoms with van der Waals surface area (Å²) in [5.74, 6) is -2.53. The van der Waals surface area contributed by atoms with E-state index >= 15 is 0 Å². The Balaban J connectivity index is 0.000000241. The molecule has 3 unspecified atom stereocenters. The number of nitrogens with zero attached hydrogens (tertiary/aromatic N) is 1. The lowest BCUT2D eigenvalue weighted by molar-refractivity contribution is -0.274. The zero-order chi connectivity index (χ0) is 38.9. The number of hydrogen-bond acceptors (Lipinski definition) is 7. The molecule has 5 rings (SSSR count). The molecule has 0 bridgehead atoms. The van der Waals surface area contributed by atoms with E-state index in [1.165, 1.54) is 42.5 Å². The van der Waals surface area contributed by atoms with Gasteiger partial charge in [-0.15, -0.1) is 13.2 Å². The molecule has 2 N–H and O–H groups in total. The van der Waals surface area contributed by atoms with E-state index < -0.39 is 47.9 Å². The lowest BCUT2D eigenvalue weighted by Gasteiger charge is -2.14. The predicted octanol–water partition coefficient (Wildman–Crippen LogP) is 10.5. The molecule has 0 aromatic heterocycles. The molecule has 0 spiro atoms. The van der Waals surface area contributed by atoms with Gasteiger partial charge in [0.1, 0.15) is 22.1 Å². The Bertz CT molecular complexity index is 2020. The number of esters is 1. The monoisotopic (exact) mass is 791 g/mol. The van der Waals surface area contributed by atoms with Crippen LogP contribution in [0.15, 0.2) is 108 Å².